The van der Waals surface area contributed by atoms with Crippen LogP contribution in [0, 0.1) is 5.92 Å². The number of piperidine rings is 1. The van der Waals surface area contributed by atoms with Gasteiger partial charge in [0.25, 0.3) is 5.91 Å². The van der Waals surface area contributed by atoms with Gasteiger partial charge in [-0.3, -0.25) is 9.69 Å². The maximum atomic E-state index is 12.6. The molecule has 5 heteroatoms. The van der Waals surface area contributed by atoms with Gasteiger partial charge in [-0.25, -0.2) is 0 Å². The molecule has 0 spiro atoms. The van der Waals surface area contributed by atoms with E-state index >= 15 is 0 Å². The van der Waals surface area contributed by atoms with Crippen LogP contribution in [0.15, 0.2) is 24.3 Å². The van der Waals surface area contributed by atoms with E-state index in [0.29, 0.717) is 22.5 Å². The van der Waals surface area contributed by atoms with Crippen LogP contribution in [0.25, 0.3) is 0 Å². The van der Waals surface area contributed by atoms with Gasteiger partial charge in [0.2, 0.25) is 0 Å². The molecule has 132 valence electrons. The van der Waals surface area contributed by atoms with E-state index in [0.717, 1.165) is 45.6 Å². The van der Waals surface area contributed by atoms with Gasteiger partial charge in [0.05, 0.1) is 10.6 Å². The molecule has 0 N–H and O–H groups in total. The van der Waals surface area contributed by atoms with E-state index in [1.807, 2.05) is 23.1 Å². The van der Waals surface area contributed by atoms with Crippen molar-refractivity contribution in [1.82, 2.24) is 14.7 Å². The molecule has 0 saturated carbocycles. The number of piperazine rings is 1. The number of halogens is 1. The van der Waals surface area contributed by atoms with Gasteiger partial charge >= 0.3 is 0 Å². The molecule has 2 aliphatic heterocycles. The lowest BCUT2D eigenvalue weighted by Crippen LogP contribution is -2.52. The fraction of sp³-hybridized carbons (Fsp3) is 0.632. The van der Waals surface area contributed by atoms with Crippen LogP contribution < -0.4 is 0 Å². The molecule has 1 amide bonds. The van der Waals surface area contributed by atoms with Crippen LogP contribution in [0.4, 0.5) is 0 Å². The van der Waals surface area contributed by atoms with Gasteiger partial charge < -0.3 is 9.80 Å². The molecule has 2 heterocycles. The number of likely N-dealkylation sites (N-methyl/N-ethyl adjacent to an activating group) is 1. The summed E-state index contributed by atoms with van der Waals surface area (Å²) in [5.41, 5.74) is 0.630. The number of rotatable bonds is 3. The van der Waals surface area contributed by atoms with Gasteiger partial charge in [0.15, 0.2) is 0 Å². The Morgan fingerprint density at radius 3 is 2.54 bits per heavy atom. The molecular formula is C19H28ClN3O. The van der Waals surface area contributed by atoms with Crippen molar-refractivity contribution in [2.45, 2.75) is 25.8 Å². The van der Waals surface area contributed by atoms with Gasteiger partial charge in [-0.1, -0.05) is 23.7 Å². The zero-order chi connectivity index (χ0) is 17.1. The summed E-state index contributed by atoms with van der Waals surface area (Å²) < 4.78 is 0. The molecule has 1 aromatic carbocycles. The highest BCUT2D eigenvalue weighted by Crippen LogP contribution is 2.24. The topological polar surface area (TPSA) is 26.8 Å². The maximum Gasteiger partial charge on any atom is 0.255 e. The SMILES string of the molecule is C[C@H]1CN(C)CCN1CC1CCN(C(=O)c2ccccc2Cl)CC1. The summed E-state index contributed by atoms with van der Waals surface area (Å²) in [6, 6.07) is 7.98. The van der Waals surface area contributed by atoms with E-state index in [1.165, 1.54) is 6.54 Å². The molecular weight excluding hydrogens is 322 g/mol. The second-order valence-corrected chi connectivity index (χ2v) is 7.73. The van der Waals surface area contributed by atoms with E-state index in [-0.39, 0.29) is 5.91 Å². The number of amides is 1. The minimum atomic E-state index is 0.0759. The number of nitrogens with zero attached hydrogens (tertiary/aromatic N) is 3. The first-order chi connectivity index (χ1) is 11.5. The Kier molecular flexibility index (Phi) is 5.80. The van der Waals surface area contributed by atoms with Crippen molar-refractivity contribution < 1.29 is 4.79 Å². The lowest BCUT2D eigenvalue weighted by Gasteiger charge is -2.41. The minimum Gasteiger partial charge on any atom is -0.339 e. The summed E-state index contributed by atoms with van der Waals surface area (Å²) in [6.07, 6.45) is 2.19. The normalized spacial score (nSPS) is 24.3. The molecule has 0 aromatic heterocycles. The van der Waals surface area contributed by atoms with Gasteiger partial charge in [0.1, 0.15) is 0 Å². The molecule has 0 unspecified atom stereocenters. The number of hydrogen-bond donors (Lipinski definition) is 0. The summed E-state index contributed by atoms with van der Waals surface area (Å²) in [5, 5.41) is 0.552. The quantitative estimate of drug-likeness (QED) is 0.839. The van der Waals surface area contributed by atoms with Crippen molar-refractivity contribution in [3.05, 3.63) is 34.9 Å². The van der Waals surface area contributed by atoms with Gasteiger partial charge in [-0.05, 0) is 44.9 Å². The third-order valence-corrected chi connectivity index (χ3v) is 5.80. The van der Waals surface area contributed by atoms with Crippen molar-refractivity contribution in [2.75, 3.05) is 46.3 Å². The highest BCUT2D eigenvalue weighted by Gasteiger charge is 2.28. The second kappa shape index (κ2) is 7.85. The van der Waals surface area contributed by atoms with Gasteiger partial charge in [0, 0.05) is 45.3 Å². The van der Waals surface area contributed by atoms with Crippen LogP contribution >= 0.6 is 11.6 Å². The van der Waals surface area contributed by atoms with E-state index in [4.69, 9.17) is 11.6 Å². The second-order valence-electron chi connectivity index (χ2n) is 7.32. The molecule has 1 aromatic rings. The van der Waals surface area contributed by atoms with Crippen molar-refractivity contribution in [1.29, 1.82) is 0 Å². The molecule has 2 saturated heterocycles. The molecule has 24 heavy (non-hydrogen) atoms. The molecule has 0 bridgehead atoms. The molecule has 1 atom stereocenters. The van der Waals surface area contributed by atoms with E-state index < -0.39 is 0 Å². The molecule has 0 aliphatic carbocycles. The first-order valence-corrected chi connectivity index (χ1v) is 9.39. The lowest BCUT2D eigenvalue weighted by molar-refractivity contribution is 0.0556. The Morgan fingerprint density at radius 1 is 1.17 bits per heavy atom. The number of carbonyl (C=O) groups excluding carboxylic acids is 1. The number of benzene rings is 1. The summed E-state index contributed by atoms with van der Waals surface area (Å²) in [7, 11) is 2.20. The monoisotopic (exact) mass is 349 g/mol. The molecule has 2 fully saturated rings. The Morgan fingerprint density at radius 2 is 1.88 bits per heavy atom. The smallest absolute Gasteiger partial charge is 0.255 e. The van der Waals surface area contributed by atoms with Gasteiger partial charge in [-0.15, -0.1) is 0 Å². The maximum absolute atomic E-state index is 12.6. The summed E-state index contributed by atoms with van der Waals surface area (Å²) in [4.78, 5) is 19.6. The minimum absolute atomic E-state index is 0.0759. The van der Waals surface area contributed by atoms with Crippen LogP contribution in [0.3, 0.4) is 0 Å². The summed E-state index contributed by atoms with van der Waals surface area (Å²) in [5.74, 6) is 0.776. The number of hydrogen-bond acceptors (Lipinski definition) is 3. The zero-order valence-electron chi connectivity index (χ0n) is 14.7. The Balaban J connectivity index is 1.51. The van der Waals surface area contributed by atoms with Crippen molar-refractivity contribution in [2.24, 2.45) is 5.92 Å². The zero-order valence-corrected chi connectivity index (χ0v) is 15.5. The number of carbonyl (C=O) groups is 1. The fourth-order valence-electron chi connectivity index (χ4n) is 3.90. The van der Waals surface area contributed by atoms with Crippen LogP contribution in [-0.4, -0.2) is 73.0 Å². The summed E-state index contributed by atoms with van der Waals surface area (Å²) >= 11 is 6.17. The van der Waals surface area contributed by atoms with E-state index in [9.17, 15) is 4.79 Å². The Bertz CT molecular complexity index is 571. The van der Waals surface area contributed by atoms with E-state index in [2.05, 4.69) is 23.8 Å². The number of likely N-dealkylation sites (tertiary alicyclic amines) is 1. The van der Waals surface area contributed by atoms with Crippen molar-refractivity contribution in [3.63, 3.8) is 0 Å². The van der Waals surface area contributed by atoms with Crippen LogP contribution in [-0.2, 0) is 0 Å². The first-order valence-electron chi connectivity index (χ1n) is 9.01. The third-order valence-electron chi connectivity index (χ3n) is 5.47. The Labute approximate surface area is 150 Å². The average molecular weight is 350 g/mol. The highest BCUT2D eigenvalue weighted by molar-refractivity contribution is 6.33. The molecule has 3 rings (SSSR count). The average Bonchev–Trinajstić information content (AvgIpc) is 2.58. The highest BCUT2D eigenvalue weighted by atomic mass is 35.5. The van der Waals surface area contributed by atoms with Crippen molar-refractivity contribution in [3.8, 4) is 0 Å². The largest absolute Gasteiger partial charge is 0.339 e. The van der Waals surface area contributed by atoms with Gasteiger partial charge in [-0.2, -0.15) is 0 Å². The van der Waals surface area contributed by atoms with Crippen molar-refractivity contribution >= 4 is 17.5 Å². The molecule has 0 radical (unpaired) electrons. The predicted octanol–water partition coefficient (Wildman–Crippen LogP) is 2.83. The molecule has 4 nitrogen and oxygen atoms in total. The van der Waals surface area contributed by atoms with Crippen LogP contribution in [0.5, 0.6) is 0 Å². The van der Waals surface area contributed by atoms with E-state index in [1.54, 1.807) is 6.07 Å². The third kappa shape index (κ3) is 4.11. The first kappa shape index (κ1) is 17.7. The predicted molar refractivity (Wildman–Crippen MR) is 98.6 cm³/mol. The fourth-order valence-corrected chi connectivity index (χ4v) is 4.12. The lowest BCUT2D eigenvalue weighted by atomic mass is 9.94. The Hall–Kier alpha value is -1.10. The standard InChI is InChI=1S/C19H28ClN3O/c1-15-13-21(2)11-12-23(15)14-16-7-9-22(10-8-16)19(24)17-5-3-4-6-18(17)20/h3-6,15-16H,7-14H2,1-2H3/t15-/m0/s1. The van der Waals surface area contributed by atoms with Crippen LogP contribution in [0.2, 0.25) is 5.02 Å². The summed E-state index contributed by atoms with van der Waals surface area (Å²) in [6.45, 7) is 8.66. The van der Waals surface area contributed by atoms with Crippen LogP contribution in [0.1, 0.15) is 30.1 Å². The molecule has 2 aliphatic rings.